The van der Waals surface area contributed by atoms with Crippen LogP contribution >= 0.6 is 11.3 Å². The molecule has 0 aliphatic carbocycles. The number of amides is 1. The topological polar surface area (TPSA) is 67.4 Å². The third-order valence-electron chi connectivity index (χ3n) is 5.81. The van der Waals surface area contributed by atoms with E-state index in [0.717, 1.165) is 61.9 Å². The third-order valence-corrected chi connectivity index (χ3v) is 6.92. The van der Waals surface area contributed by atoms with E-state index in [1.807, 2.05) is 6.92 Å². The van der Waals surface area contributed by atoms with Gasteiger partial charge in [-0.3, -0.25) is 4.79 Å². The summed E-state index contributed by atoms with van der Waals surface area (Å²) in [6.45, 7) is 9.45. The van der Waals surface area contributed by atoms with Crippen molar-refractivity contribution in [2.24, 2.45) is 5.92 Å². The van der Waals surface area contributed by atoms with Gasteiger partial charge in [-0.05, 0) is 52.0 Å². The van der Waals surface area contributed by atoms with Crippen molar-refractivity contribution in [2.75, 3.05) is 31.1 Å². The second-order valence-corrected chi connectivity index (χ2v) is 8.90. The number of carbonyl (C=O) groups is 1. The molecule has 1 N–H and O–H groups in total. The summed E-state index contributed by atoms with van der Waals surface area (Å²) in [5.74, 6) is 2.12. The largest absolute Gasteiger partial charge is 0.376 e. The van der Waals surface area contributed by atoms with E-state index in [0.29, 0.717) is 6.54 Å². The van der Waals surface area contributed by atoms with Gasteiger partial charge < -0.3 is 15.0 Å². The Morgan fingerprint density at radius 3 is 2.70 bits per heavy atom. The normalized spacial score (nSPS) is 21.1. The molecule has 2 fully saturated rings. The van der Waals surface area contributed by atoms with Crippen LogP contribution in [0.2, 0.25) is 0 Å². The van der Waals surface area contributed by atoms with Crippen molar-refractivity contribution >= 4 is 33.3 Å². The highest BCUT2D eigenvalue weighted by atomic mass is 32.1. The van der Waals surface area contributed by atoms with Crippen LogP contribution < -0.4 is 10.2 Å². The summed E-state index contributed by atoms with van der Waals surface area (Å²) in [5, 5.41) is 4.28. The van der Waals surface area contributed by atoms with Crippen LogP contribution in [0.15, 0.2) is 0 Å². The summed E-state index contributed by atoms with van der Waals surface area (Å²) in [7, 11) is 0. The first-order chi connectivity index (χ1) is 13.0. The lowest BCUT2D eigenvalue weighted by Crippen LogP contribution is -2.42. The van der Waals surface area contributed by atoms with E-state index in [1.165, 1.54) is 15.8 Å². The molecular formula is C20H28N4O2S. The van der Waals surface area contributed by atoms with Crippen LogP contribution in [0.1, 0.15) is 41.9 Å². The second kappa shape index (κ2) is 7.72. The quantitative estimate of drug-likeness (QED) is 0.872. The Hall–Kier alpha value is -1.73. The van der Waals surface area contributed by atoms with E-state index in [9.17, 15) is 4.79 Å². The molecule has 27 heavy (non-hydrogen) atoms. The van der Waals surface area contributed by atoms with Crippen LogP contribution in [-0.4, -0.2) is 48.2 Å². The maximum atomic E-state index is 12.5. The Labute approximate surface area is 164 Å². The van der Waals surface area contributed by atoms with Gasteiger partial charge in [0, 0.05) is 37.0 Å². The van der Waals surface area contributed by atoms with Gasteiger partial charge in [0.1, 0.15) is 16.5 Å². The Morgan fingerprint density at radius 2 is 2.00 bits per heavy atom. The van der Waals surface area contributed by atoms with Crippen LogP contribution in [0.5, 0.6) is 0 Å². The monoisotopic (exact) mass is 388 g/mol. The van der Waals surface area contributed by atoms with Gasteiger partial charge in [-0.1, -0.05) is 0 Å². The van der Waals surface area contributed by atoms with Crippen molar-refractivity contribution in [1.29, 1.82) is 0 Å². The van der Waals surface area contributed by atoms with E-state index >= 15 is 0 Å². The van der Waals surface area contributed by atoms with Crippen molar-refractivity contribution in [3.8, 4) is 0 Å². The third kappa shape index (κ3) is 3.80. The zero-order chi connectivity index (χ0) is 19.0. The van der Waals surface area contributed by atoms with Crippen LogP contribution in [-0.2, 0) is 9.53 Å². The minimum absolute atomic E-state index is 0.0892. The number of nitrogens with one attached hydrogen (secondary N) is 1. The van der Waals surface area contributed by atoms with Crippen LogP contribution in [0.3, 0.4) is 0 Å². The fourth-order valence-electron chi connectivity index (χ4n) is 4.08. The molecule has 6 nitrogen and oxygen atoms in total. The molecule has 2 aliphatic rings. The van der Waals surface area contributed by atoms with E-state index in [2.05, 4.69) is 29.0 Å². The number of rotatable bonds is 4. The van der Waals surface area contributed by atoms with Gasteiger partial charge in [-0.15, -0.1) is 11.3 Å². The predicted octanol–water partition coefficient (Wildman–Crippen LogP) is 3.13. The number of ether oxygens (including phenoxy) is 1. The van der Waals surface area contributed by atoms with Crippen molar-refractivity contribution < 1.29 is 9.53 Å². The molecule has 1 amide bonds. The smallest absolute Gasteiger partial charge is 0.223 e. The summed E-state index contributed by atoms with van der Waals surface area (Å²) in [5.41, 5.74) is 1.28. The second-order valence-electron chi connectivity index (χ2n) is 7.70. The highest BCUT2D eigenvalue weighted by Gasteiger charge is 2.28. The van der Waals surface area contributed by atoms with Crippen LogP contribution in [0, 0.1) is 26.7 Å². The highest BCUT2D eigenvalue weighted by molar-refractivity contribution is 7.18. The molecular weight excluding hydrogens is 360 g/mol. The van der Waals surface area contributed by atoms with Gasteiger partial charge in [0.05, 0.1) is 11.5 Å². The fraction of sp³-hybridized carbons (Fsp3) is 0.650. The molecule has 4 heterocycles. The van der Waals surface area contributed by atoms with Gasteiger partial charge in [-0.25, -0.2) is 9.97 Å². The number of anilines is 1. The fourth-order valence-corrected chi connectivity index (χ4v) is 5.15. The van der Waals surface area contributed by atoms with Crippen molar-refractivity contribution in [3.05, 3.63) is 16.3 Å². The van der Waals surface area contributed by atoms with Crippen molar-refractivity contribution in [1.82, 2.24) is 15.3 Å². The first kappa shape index (κ1) is 18.6. The molecule has 0 unspecified atom stereocenters. The van der Waals surface area contributed by atoms with E-state index in [1.54, 1.807) is 11.3 Å². The zero-order valence-electron chi connectivity index (χ0n) is 16.4. The number of nitrogens with zero attached hydrogens (tertiary/aromatic N) is 3. The number of hydrogen-bond donors (Lipinski definition) is 1. The first-order valence-corrected chi connectivity index (χ1v) is 10.7. The molecule has 4 rings (SSSR count). The summed E-state index contributed by atoms with van der Waals surface area (Å²) in [4.78, 5) is 26.6. The summed E-state index contributed by atoms with van der Waals surface area (Å²) >= 11 is 1.74. The molecule has 2 saturated heterocycles. The number of aromatic nitrogens is 2. The molecule has 146 valence electrons. The molecule has 7 heteroatoms. The standard InChI is InChI=1S/C20H28N4O2S/c1-12-13(2)27-20-17(12)18(22-14(3)23-20)24-8-6-15(7-9-24)19(25)21-11-16-5-4-10-26-16/h15-16H,4-11H2,1-3H3,(H,21,25)/t16-/m0/s1. The van der Waals surface area contributed by atoms with E-state index in [4.69, 9.17) is 9.72 Å². The number of carbonyl (C=O) groups excluding carboxylic acids is 1. The Morgan fingerprint density at radius 1 is 1.22 bits per heavy atom. The average molecular weight is 389 g/mol. The van der Waals surface area contributed by atoms with Gasteiger partial charge >= 0.3 is 0 Å². The Bertz CT molecular complexity index is 836. The minimum Gasteiger partial charge on any atom is -0.376 e. The molecule has 0 bridgehead atoms. The highest BCUT2D eigenvalue weighted by Crippen LogP contribution is 2.36. The Balaban J connectivity index is 1.42. The number of piperidine rings is 1. The van der Waals surface area contributed by atoms with Gasteiger partial charge in [0.2, 0.25) is 5.91 Å². The maximum Gasteiger partial charge on any atom is 0.223 e. The molecule has 0 radical (unpaired) electrons. The first-order valence-electron chi connectivity index (χ1n) is 9.91. The van der Waals surface area contributed by atoms with Crippen LogP contribution in [0.25, 0.3) is 10.2 Å². The average Bonchev–Trinajstić information content (AvgIpc) is 3.28. The number of thiophene rings is 1. The molecule has 0 spiro atoms. The summed E-state index contributed by atoms with van der Waals surface area (Å²) in [6, 6.07) is 0. The lowest BCUT2D eigenvalue weighted by Gasteiger charge is -2.33. The van der Waals surface area contributed by atoms with Gasteiger partial charge in [0.25, 0.3) is 0 Å². The summed E-state index contributed by atoms with van der Waals surface area (Å²) < 4.78 is 5.59. The van der Waals surface area contributed by atoms with E-state index in [-0.39, 0.29) is 17.9 Å². The lowest BCUT2D eigenvalue weighted by molar-refractivity contribution is -0.126. The number of fused-ring (bicyclic) bond motifs is 1. The molecule has 2 aromatic rings. The van der Waals surface area contributed by atoms with Crippen molar-refractivity contribution in [2.45, 2.75) is 52.6 Å². The SMILES string of the molecule is Cc1nc(N2CCC(C(=O)NC[C@@H]3CCCO3)CC2)c2c(C)c(C)sc2n1. The van der Waals surface area contributed by atoms with Gasteiger partial charge in [-0.2, -0.15) is 0 Å². The molecule has 2 aliphatic heterocycles. The number of hydrogen-bond acceptors (Lipinski definition) is 6. The lowest BCUT2D eigenvalue weighted by atomic mass is 9.95. The van der Waals surface area contributed by atoms with Crippen LogP contribution in [0.4, 0.5) is 5.82 Å². The molecule has 0 aromatic carbocycles. The zero-order valence-corrected chi connectivity index (χ0v) is 17.2. The van der Waals surface area contributed by atoms with E-state index < -0.39 is 0 Å². The van der Waals surface area contributed by atoms with Crippen molar-refractivity contribution in [3.63, 3.8) is 0 Å². The molecule has 1 atom stereocenters. The molecule has 0 saturated carbocycles. The predicted molar refractivity (Wildman–Crippen MR) is 109 cm³/mol. The van der Waals surface area contributed by atoms with Gasteiger partial charge in [0.15, 0.2) is 0 Å². The number of aryl methyl sites for hydroxylation is 3. The Kier molecular flexibility index (Phi) is 5.32. The maximum absolute atomic E-state index is 12.5. The molecule has 2 aromatic heterocycles. The minimum atomic E-state index is 0.0892. The summed E-state index contributed by atoms with van der Waals surface area (Å²) in [6.07, 6.45) is 4.10.